The summed E-state index contributed by atoms with van der Waals surface area (Å²) < 4.78 is 5.42. The average molecular weight is 356 g/mol. The quantitative estimate of drug-likeness (QED) is 0.908. The maximum atomic E-state index is 10.7. The van der Waals surface area contributed by atoms with Crippen LogP contribution in [0.1, 0.15) is 38.0 Å². The summed E-state index contributed by atoms with van der Waals surface area (Å²) in [5.41, 5.74) is 0.961. The number of hydrogen-bond acceptors (Lipinski definition) is 6. The van der Waals surface area contributed by atoms with E-state index in [2.05, 4.69) is 19.9 Å². The smallest absolute Gasteiger partial charge is 0.241 e. The second-order valence-electron chi connectivity index (χ2n) is 7.49. The second-order valence-corrected chi connectivity index (χ2v) is 7.49. The Morgan fingerprint density at radius 2 is 1.81 bits per heavy atom. The molecule has 1 aromatic heterocycles. The normalized spacial score (nSPS) is 25.9. The molecule has 26 heavy (non-hydrogen) atoms. The third-order valence-corrected chi connectivity index (χ3v) is 5.60. The number of β-amino-alcohol motifs (C(OH)–C–C–N with tert-alkyl or cyclic N) is 1. The summed E-state index contributed by atoms with van der Waals surface area (Å²) in [7, 11) is 0. The summed E-state index contributed by atoms with van der Waals surface area (Å²) in [6.45, 7) is 4.49. The van der Waals surface area contributed by atoms with Gasteiger partial charge in [-0.1, -0.05) is 48.3 Å². The minimum absolute atomic E-state index is 0.298. The summed E-state index contributed by atoms with van der Waals surface area (Å²) in [6, 6.07) is 10.2. The zero-order chi connectivity index (χ0) is 17.8. The summed E-state index contributed by atoms with van der Waals surface area (Å²) >= 11 is 0. The fraction of sp³-hybridized carbons (Fsp3) is 0.600. The lowest BCUT2D eigenvalue weighted by Crippen LogP contribution is -2.54. The van der Waals surface area contributed by atoms with E-state index in [-0.39, 0.29) is 6.10 Å². The van der Waals surface area contributed by atoms with Gasteiger partial charge in [0.05, 0.1) is 12.6 Å². The Hall–Kier alpha value is -1.76. The lowest BCUT2D eigenvalue weighted by atomic mass is 9.99. The van der Waals surface area contributed by atoms with Crippen LogP contribution >= 0.6 is 0 Å². The highest BCUT2D eigenvalue weighted by Gasteiger charge is 2.32. The number of aliphatic hydroxyl groups excluding tert-OH is 1. The minimum Gasteiger partial charge on any atom is -0.390 e. The van der Waals surface area contributed by atoms with Crippen LogP contribution in [0.3, 0.4) is 0 Å². The van der Waals surface area contributed by atoms with Crippen LogP contribution in [0.15, 0.2) is 34.9 Å². The van der Waals surface area contributed by atoms with Gasteiger partial charge >= 0.3 is 0 Å². The van der Waals surface area contributed by atoms with Crippen molar-refractivity contribution in [2.75, 3.05) is 26.2 Å². The zero-order valence-corrected chi connectivity index (χ0v) is 15.3. The number of likely N-dealkylation sites (tertiary alicyclic amines) is 2. The first-order valence-corrected chi connectivity index (χ1v) is 9.82. The van der Waals surface area contributed by atoms with Crippen LogP contribution in [-0.4, -0.2) is 63.4 Å². The molecule has 4 rings (SSSR count). The van der Waals surface area contributed by atoms with E-state index >= 15 is 0 Å². The predicted octanol–water partition coefficient (Wildman–Crippen LogP) is 2.55. The molecule has 0 unspecified atom stereocenters. The molecule has 2 atom stereocenters. The van der Waals surface area contributed by atoms with Crippen molar-refractivity contribution in [1.29, 1.82) is 0 Å². The number of rotatable bonds is 4. The van der Waals surface area contributed by atoms with Gasteiger partial charge in [0, 0.05) is 24.7 Å². The first-order valence-electron chi connectivity index (χ1n) is 9.82. The molecule has 0 aliphatic carbocycles. The van der Waals surface area contributed by atoms with Gasteiger partial charge in [-0.05, 0) is 32.4 Å². The summed E-state index contributed by atoms with van der Waals surface area (Å²) in [6.07, 6.45) is 5.87. The highest BCUT2D eigenvalue weighted by Crippen LogP contribution is 2.22. The first-order chi connectivity index (χ1) is 12.8. The monoisotopic (exact) mass is 356 g/mol. The Morgan fingerprint density at radius 1 is 1.04 bits per heavy atom. The highest BCUT2D eigenvalue weighted by molar-refractivity contribution is 5.53. The van der Waals surface area contributed by atoms with Crippen molar-refractivity contribution >= 4 is 0 Å². The molecule has 0 spiro atoms. The fourth-order valence-corrected chi connectivity index (χ4v) is 4.20. The standard InChI is InChI=1S/C20H28N4O2/c25-18-14-23(13-10-17(18)24-11-6-1-2-7-12-24)15-19-21-20(22-26-19)16-8-4-3-5-9-16/h3-5,8-9,17-18,25H,1-2,6-7,10-15H2/t17-,18-/m1/s1. The van der Waals surface area contributed by atoms with Gasteiger partial charge in [-0.15, -0.1) is 0 Å². The Bertz CT molecular complexity index is 682. The highest BCUT2D eigenvalue weighted by atomic mass is 16.5. The van der Waals surface area contributed by atoms with Gasteiger partial charge in [-0.3, -0.25) is 9.80 Å². The van der Waals surface area contributed by atoms with Crippen LogP contribution in [0.2, 0.25) is 0 Å². The van der Waals surface area contributed by atoms with Crippen molar-refractivity contribution in [3.8, 4) is 11.4 Å². The Labute approximate surface area is 154 Å². The van der Waals surface area contributed by atoms with Crippen LogP contribution in [0.25, 0.3) is 11.4 Å². The summed E-state index contributed by atoms with van der Waals surface area (Å²) in [4.78, 5) is 9.24. The van der Waals surface area contributed by atoms with E-state index in [1.807, 2.05) is 30.3 Å². The van der Waals surface area contributed by atoms with Gasteiger partial charge in [0.15, 0.2) is 0 Å². The maximum Gasteiger partial charge on any atom is 0.241 e. The number of aromatic nitrogens is 2. The van der Waals surface area contributed by atoms with Crippen LogP contribution in [0.4, 0.5) is 0 Å². The Morgan fingerprint density at radius 3 is 2.54 bits per heavy atom. The van der Waals surface area contributed by atoms with Crippen LogP contribution in [0.5, 0.6) is 0 Å². The number of hydrogen-bond donors (Lipinski definition) is 1. The minimum atomic E-state index is -0.307. The van der Waals surface area contributed by atoms with Crippen LogP contribution in [-0.2, 0) is 6.54 Å². The lowest BCUT2D eigenvalue weighted by Gasteiger charge is -2.41. The molecule has 2 aromatic rings. The van der Waals surface area contributed by atoms with E-state index in [4.69, 9.17) is 4.52 Å². The van der Waals surface area contributed by atoms with E-state index in [9.17, 15) is 5.11 Å². The molecule has 2 aliphatic rings. The maximum absolute atomic E-state index is 10.7. The van der Waals surface area contributed by atoms with Gasteiger partial charge < -0.3 is 9.63 Å². The molecule has 0 radical (unpaired) electrons. The molecular formula is C20H28N4O2. The van der Waals surface area contributed by atoms with Crippen molar-refractivity contribution in [1.82, 2.24) is 19.9 Å². The van der Waals surface area contributed by atoms with Gasteiger partial charge in [0.25, 0.3) is 0 Å². The van der Waals surface area contributed by atoms with Crippen molar-refractivity contribution in [2.45, 2.75) is 50.8 Å². The van der Waals surface area contributed by atoms with E-state index in [0.717, 1.165) is 31.6 Å². The lowest BCUT2D eigenvalue weighted by molar-refractivity contribution is -0.0167. The molecule has 0 saturated carbocycles. The van der Waals surface area contributed by atoms with Crippen LogP contribution < -0.4 is 0 Å². The van der Waals surface area contributed by atoms with Crippen LogP contribution in [0, 0.1) is 0 Å². The predicted molar refractivity (Wildman–Crippen MR) is 99.5 cm³/mol. The average Bonchev–Trinajstić information content (AvgIpc) is 2.96. The Balaban J connectivity index is 1.34. The number of nitrogens with zero attached hydrogens (tertiary/aromatic N) is 4. The zero-order valence-electron chi connectivity index (χ0n) is 15.3. The molecule has 1 N–H and O–H groups in total. The number of aliphatic hydroxyl groups is 1. The SMILES string of the molecule is O[C@@H]1CN(Cc2nc(-c3ccccc3)no2)CC[C@H]1N1CCCCCC1. The molecule has 2 aliphatic heterocycles. The van der Waals surface area contributed by atoms with E-state index < -0.39 is 0 Å². The number of benzene rings is 1. The van der Waals surface area contributed by atoms with Gasteiger partial charge in [-0.2, -0.15) is 4.98 Å². The molecule has 140 valence electrons. The molecule has 1 aromatic carbocycles. The molecule has 6 nitrogen and oxygen atoms in total. The van der Waals surface area contributed by atoms with Gasteiger partial charge in [0.1, 0.15) is 0 Å². The summed E-state index contributed by atoms with van der Waals surface area (Å²) in [5, 5.41) is 14.8. The molecule has 2 fully saturated rings. The molecule has 0 amide bonds. The van der Waals surface area contributed by atoms with Crippen molar-refractivity contribution in [3.63, 3.8) is 0 Å². The van der Waals surface area contributed by atoms with Gasteiger partial charge in [0.2, 0.25) is 11.7 Å². The molecular weight excluding hydrogens is 328 g/mol. The van der Waals surface area contributed by atoms with Gasteiger partial charge in [-0.25, -0.2) is 0 Å². The first kappa shape index (κ1) is 17.6. The molecule has 2 saturated heterocycles. The third-order valence-electron chi connectivity index (χ3n) is 5.60. The van der Waals surface area contributed by atoms with Crippen molar-refractivity contribution < 1.29 is 9.63 Å². The van der Waals surface area contributed by atoms with Crippen molar-refractivity contribution in [2.24, 2.45) is 0 Å². The molecule has 0 bridgehead atoms. The van der Waals surface area contributed by atoms with E-state index in [0.29, 0.717) is 30.8 Å². The summed E-state index contributed by atoms with van der Waals surface area (Å²) in [5.74, 6) is 1.24. The van der Waals surface area contributed by atoms with E-state index in [1.54, 1.807) is 0 Å². The van der Waals surface area contributed by atoms with E-state index in [1.165, 1.54) is 25.7 Å². The second kappa shape index (κ2) is 8.29. The topological polar surface area (TPSA) is 65.6 Å². The third kappa shape index (κ3) is 4.14. The molecule has 3 heterocycles. The number of piperidine rings is 1. The Kier molecular flexibility index (Phi) is 5.62. The largest absolute Gasteiger partial charge is 0.390 e. The molecule has 6 heteroatoms. The fourth-order valence-electron chi connectivity index (χ4n) is 4.20. The van der Waals surface area contributed by atoms with Crippen molar-refractivity contribution in [3.05, 3.63) is 36.2 Å².